The minimum absolute atomic E-state index is 0. The van der Waals surface area contributed by atoms with Crippen LogP contribution in [0.3, 0.4) is 0 Å². The molecule has 6 heteroatoms. The summed E-state index contributed by atoms with van der Waals surface area (Å²) in [7, 11) is -3.13. The third kappa shape index (κ3) is 140. The standard InChI is InChI=1S/Al.Mn.H2O3Si.3H/c;;1-4(2)3;;;/h;;1-2H;;;. The zero-order valence-electron chi connectivity index (χ0n) is 2.18. The first-order chi connectivity index (χ1) is 1.73. The summed E-state index contributed by atoms with van der Waals surface area (Å²) in [4.78, 5) is 14.3. The van der Waals surface area contributed by atoms with Crippen LogP contribution in [0.2, 0.25) is 0 Å². The summed E-state index contributed by atoms with van der Waals surface area (Å²) in [6.07, 6.45) is 0. The van der Waals surface area contributed by atoms with Crippen molar-refractivity contribution in [2.75, 3.05) is 0 Å². The second kappa shape index (κ2) is 9.18. The van der Waals surface area contributed by atoms with Crippen LogP contribution in [0.15, 0.2) is 0 Å². The van der Waals surface area contributed by atoms with Gasteiger partial charge in [-0.2, -0.15) is 0 Å². The van der Waals surface area contributed by atoms with E-state index in [0.29, 0.717) is 0 Å². The van der Waals surface area contributed by atoms with Crippen molar-refractivity contribution in [3.05, 3.63) is 0 Å². The summed E-state index contributed by atoms with van der Waals surface area (Å²) in [6.45, 7) is 0. The molecule has 3 nitrogen and oxygen atoms in total. The van der Waals surface area contributed by atoms with E-state index in [1.807, 2.05) is 0 Å². The van der Waals surface area contributed by atoms with Gasteiger partial charge in [-0.15, -0.1) is 0 Å². The predicted octanol–water partition coefficient (Wildman–Crippen LogP) is -2.80. The maximum atomic E-state index is 8.74. The molecule has 37 valence electrons. The van der Waals surface area contributed by atoms with Gasteiger partial charge in [0.2, 0.25) is 0 Å². The van der Waals surface area contributed by atoms with Gasteiger partial charge in [0.1, 0.15) is 0 Å². The van der Waals surface area contributed by atoms with Crippen LogP contribution in [0.25, 0.3) is 0 Å². The molecule has 2 N–H and O–H groups in total. The number of hydrogen-bond donors (Lipinski definition) is 2. The molecular weight excluding hydrogens is 158 g/mol. The first-order valence-electron chi connectivity index (χ1n) is 0.651. The average molecular weight is 163 g/mol. The van der Waals surface area contributed by atoms with Crippen molar-refractivity contribution in [1.29, 1.82) is 0 Å². The van der Waals surface area contributed by atoms with E-state index in [1.165, 1.54) is 0 Å². The van der Waals surface area contributed by atoms with E-state index in [1.54, 1.807) is 0 Å². The molecular formula is H5AlMnO3Si. The first-order valence-corrected chi connectivity index (χ1v) is 1.95. The molecule has 0 aromatic carbocycles. The number of rotatable bonds is 0. The summed E-state index contributed by atoms with van der Waals surface area (Å²) in [5, 5.41) is 0. The van der Waals surface area contributed by atoms with Gasteiger partial charge in [0.05, 0.1) is 0 Å². The largest absolute Gasteiger partial charge is 0.761 e. The third-order valence-electron chi connectivity index (χ3n) is 0. The minimum Gasteiger partial charge on any atom is -0.511 e. The van der Waals surface area contributed by atoms with Crippen LogP contribution in [-0.2, 0) is 21.5 Å². The van der Waals surface area contributed by atoms with Crippen LogP contribution in [0.4, 0.5) is 0 Å². The summed E-state index contributed by atoms with van der Waals surface area (Å²) < 4.78 is 8.74. The van der Waals surface area contributed by atoms with Crippen LogP contribution in [-0.4, -0.2) is 36.1 Å². The Labute approximate surface area is 57.9 Å². The normalized spacial score (nSPS) is 4.00. The van der Waals surface area contributed by atoms with E-state index >= 15 is 0 Å². The minimum atomic E-state index is -3.13. The van der Waals surface area contributed by atoms with Crippen LogP contribution in [0, 0.1) is 0 Å². The Morgan fingerprint density at radius 1 is 1.33 bits per heavy atom. The molecule has 0 aliphatic heterocycles. The maximum Gasteiger partial charge on any atom is 0.761 e. The van der Waals surface area contributed by atoms with Crippen molar-refractivity contribution < 1.29 is 31.1 Å². The molecule has 6 heavy (non-hydrogen) atoms. The Balaban J connectivity index is -0.0000000450. The summed E-state index contributed by atoms with van der Waals surface area (Å²) in [5.74, 6) is 0. The van der Waals surface area contributed by atoms with Crippen molar-refractivity contribution in [2.45, 2.75) is 0 Å². The van der Waals surface area contributed by atoms with E-state index in [4.69, 9.17) is 14.1 Å². The Hall–Kier alpha value is 0.669. The Kier molecular flexibility index (Phi) is 24.4. The summed E-state index contributed by atoms with van der Waals surface area (Å²) in [5.41, 5.74) is 0. The maximum absolute atomic E-state index is 8.74. The monoisotopic (exact) mass is 163 g/mol. The topological polar surface area (TPSA) is 57.5 Å². The molecule has 0 rings (SSSR count). The van der Waals surface area contributed by atoms with Crippen molar-refractivity contribution in [2.24, 2.45) is 0 Å². The SMILES string of the molecule is O=[Si](O)O.[AlH3].[Mn]. The van der Waals surface area contributed by atoms with Gasteiger partial charge in [-0.25, -0.2) is 0 Å². The third-order valence-corrected chi connectivity index (χ3v) is 0. The molecule has 0 saturated heterocycles. The van der Waals surface area contributed by atoms with Gasteiger partial charge in [0.15, 0.2) is 17.4 Å². The fraction of sp³-hybridized carbons (Fsp3) is 0. The molecule has 0 aromatic heterocycles. The average Bonchev–Trinajstić information content (AvgIpc) is 0.811. The summed E-state index contributed by atoms with van der Waals surface area (Å²) in [6, 6.07) is 0. The van der Waals surface area contributed by atoms with Gasteiger partial charge in [0, 0.05) is 17.1 Å². The molecule has 0 unspecified atom stereocenters. The van der Waals surface area contributed by atoms with Crippen molar-refractivity contribution in [3.8, 4) is 0 Å². The molecule has 0 aromatic rings. The molecule has 0 bridgehead atoms. The van der Waals surface area contributed by atoms with Crippen molar-refractivity contribution in [3.63, 3.8) is 0 Å². The molecule has 0 fully saturated rings. The Bertz CT molecular complexity index is 33.8. The Morgan fingerprint density at radius 3 is 1.33 bits per heavy atom. The molecule has 0 saturated carbocycles. The molecule has 0 atom stereocenters. The van der Waals surface area contributed by atoms with E-state index in [0.717, 1.165) is 0 Å². The molecule has 0 aliphatic carbocycles. The zero-order chi connectivity index (χ0) is 3.58. The van der Waals surface area contributed by atoms with Crippen LogP contribution < -0.4 is 0 Å². The van der Waals surface area contributed by atoms with Gasteiger partial charge < -0.3 is 9.59 Å². The van der Waals surface area contributed by atoms with E-state index < -0.39 is 9.17 Å². The van der Waals surface area contributed by atoms with Gasteiger partial charge in [-0.1, -0.05) is 0 Å². The van der Waals surface area contributed by atoms with Crippen molar-refractivity contribution >= 4 is 26.5 Å². The van der Waals surface area contributed by atoms with E-state index in [9.17, 15) is 0 Å². The summed E-state index contributed by atoms with van der Waals surface area (Å²) >= 11 is 0. The fourth-order valence-electron chi connectivity index (χ4n) is 0. The van der Waals surface area contributed by atoms with Crippen LogP contribution >= 0.6 is 0 Å². The Morgan fingerprint density at radius 2 is 1.33 bits per heavy atom. The quantitative estimate of drug-likeness (QED) is 0.379. The van der Waals surface area contributed by atoms with Gasteiger partial charge in [-0.05, 0) is 0 Å². The van der Waals surface area contributed by atoms with Gasteiger partial charge in [-0.3, -0.25) is 4.46 Å². The first kappa shape index (κ1) is 15.9. The van der Waals surface area contributed by atoms with Crippen LogP contribution in [0.5, 0.6) is 0 Å². The smallest absolute Gasteiger partial charge is 0.511 e. The van der Waals surface area contributed by atoms with Gasteiger partial charge >= 0.3 is 9.17 Å². The second-order valence-electron chi connectivity index (χ2n) is 0.283. The fourth-order valence-corrected chi connectivity index (χ4v) is 0. The molecule has 0 aliphatic rings. The van der Waals surface area contributed by atoms with Crippen molar-refractivity contribution in [1.82, 2.24) is 0 Å². The van der Waals surface area contributed by atoms with E-state index in [2.05, 4.69) is 0 Å². The second-order valence-corrected chi connectivity index (χ2v) is 0.848. The molecule has 0 heterocycles. The predicted molar refractivity (Wildman–Crippen MR) is 20.8 cm³/mol. The zero-order valence-corrected chi connectivity index (χ0v) is 4.36. The molecule has 0 amide bonds. The van der Waals surface area contributed by atoms with Crippen LogP contribution in [0.1, 0.15) is 0 Å². The van der Waals surface area contributed by atoms with Gasteiger partial charge in [0.25, 0.3) is 0 Å². The molecule has 0 spiro atoms. The molecule has 1 radical (unpaired) electrons. The number of hydrogen-bond acceptors (Lipinski definition) is 1. The van der Waals surface area contributed by atoms with E-state index in [-0.39, 0.29) is 34.4 Å².